The second-order valence-electron chi connectivity index (χ2n) is 4.17. The molecule has 1 aromatic heterocycles. The van der Waals surface area contributed by atoms with Crippen molar-refractivity contribution in [3.05, 3.63) is 47.9 Å². The van der Waals surface area contributed by atoms with E-state index in [1.807, 2.05) is 13.0 Å². The smallest absolute Gasteiger partial charge is 0.212 e. The highest BCUT2D eigenvalue weighted by Gasteiger charge is 2.07. The van der Waals surface area contributed by atoms with E-state index in [4.69, 9.17) is 4.74 Å². The Kier molecular flexibility index (Phi) is 4.47. The van der Waals surface area contributed by atoms with Crippen molar-refractivity contribution < 1.29 is 9.13 Å². The predicted octanol–water partition coefficient (Wildman–Crippen LogP) is 3.01. The summed E-state index contributed by atoms with van der Waals surface area (Å²) in [5, 5.41) is 3.25. The van der Waals surface area contributed by atoms with E-state index in [1.165, 1.54) is 12.1 Å². The minimum absolute atomic E-state index is 0.244. The minimum Gasteiger partial charge on any atom is -0.481 e. The van der Waals surface area contributed by atoms with Crippen LogP contribution in [0, 0.1) is 5.82 Å². The molecule has 0 aliphatic rings. The molecule has 0 bridgehead atoms. The molecule has 1 heterocycles. The number of hydrogen-bond donors (Lipinski definition) is 1. The summed E-state index contributed by atoms with van der Waals surface area (Å²) in [5.74, 6) is 0.305. The highest BCUT2D eigenvalue weighted by molar-refractivity contribution is 5.66. The zero-order chi connectivity index (χ0) is 13.7. The first-order chi connectivity index (χ1) is 9.24. The van der Waals surface area contributed by atoms with Gasteiger partial charge in [-0.25, -0.2) is 9.37 Å². The topological polar surface area (TPSA) is 34.1 Å². The number of hydrogen-bond acceptors (Lipinski definition) is 3. The number of methoxy groups -OCH3 is 1. The van der Waals surface area contributed by atoms with Gasteiger partial charge in [0.15, 0.2) is 0 Å². The molecule has 0 fully saturated rings. The third-order valence-electron chi connectivity index (χ3n) is 2.89. The van der Waals surface area contributed by atoms with E-state index >= 15 is 0 Å². The van der Waals surface area contributed by atoms with E-state index in [9.17, 15) is 4.39 Å². The molecule has 0 aliphatic carbocycles. The Bertz CT molecular complexity index is 540. The molecule has 0 saturated carbocycles. The van der Waals surface area contributed by atoms with Gasteiger partial charge in [-0.15, -0.1) is 0 Å². The molecular weight excluding hydrogens is 243 g/mol. The summed E-state index contributed by atoms with van der Waals surface area (Å²) in [6, 6.07) is 8.48. The highest BCUT2D eigenvalue weighted by Crippen LogP contribution is 2.25. The molecule has 100 valence electrons. The Morgan fingerprint density at radius 1 is 1.26 bits per heavy atom. The molecule has 3 nitrogen and oxygen atoms in total. The van der Waals surface area contributed by atoms with Gasteiger partial charge < -0.3 is 10.1 Å². The fourth-order valence-corrected chi connectivity index (χ4v) is 1.89. The van der Waals surface area contributed by atoms with Gasteiger partial charge in [-0.1, -0.05) is 13.0 Å². The maximum atomic E-state index is 13.4. The lowest BCUT2D eigenvalue weighted by Crippen LogP contribution is -2.12. The van der Waals surface area contributed by atoms with Crippen molar-refractivity contribution in [3.63, 3.8) is 0 Å². The lowest BCUT2D eigenvalue weighted by molar-refractivity contribution is 0.398. The van der Waals surface area contributed by atoms with Crippen LogP contribution in [0.4, 0.5) is 4.39 Å². The van der Waals surface area contributed by atoms with Gasteiger partial charge in [0.05, 0.1) is 7.11 Å². The second-order valence-corrected chi connectivity index (χ2v) is 4.17. The van der Waals surface area contributed by atoms with Gasteiger partial charge in [-0.3, -0.25) is 0 Å². The zero-order valence-electron chi connectivity index (χ0n) is 11.1. The number of pyridine rings is 1. The van der Waals surface area contributed by atoms with Crippen LogP contribution in [0.2, 0.25) is 0 Å². The van der Waals surface area contributed by atoms with E-state index in [0.717, 1.165) is 23.2 Å². The fourth-order valence-electron chi connectivity index (χ4n) is 1.89. The molecule has 0 unspecified atom stereocenters. The third kappa shape index (κ3) is 3.29. The fraction of sp³-hybridized carbons (Fsp3) is 0.267. The number of ether oxygens (including phenoxy) is 1. The Morgan fingerprint density at radius 3 is 2.74 bits per heavy atom. The molecule has 0 radical (unpaired) electrons. The van der Waals surface area contributed by atoms with Crippen LogP contribution < -0.4 is 10.1 Å². The van der Waals surface area contributed by atoms with Crippen molar-refractivity contribution >= 4 is 0 Å². The Balaban J connectivity index is 2.37. The van der Waals surface area contributed by atoms with Crippen LogP contribution >= 0.6 is 0 Å². The van der Waals surface area contributed by atoms with Crippen LogP contribution in [-0.2, 0) is 6.54 Å². The van der Waals surface area contributed by atoms with Crippen molar-refractivity contribution in [1.82, 2.24) is 10.3 Å². The van der Waals surface area contributed by atoms with Gasteiger partial charge in [-0.05, 0) is 35.9 Å². The van der Waals surface area contributed by atoms with E-state index in [0.29, 0.717) is 12.4 Å². The van der Waals surface area contributed by atoms with Crippen LogP contribution in [-0.4, -0.2) is 18.6 Å². The first-order valence-corrected chi connectivity index (χ1v) is 6.24. The third-order valence-corrected chi connectivity index (χ3v) is 2.89. The summed E-state index contributed by atoms with van der Waals surface area (Å²) < 4.78 is 18.5. The SMILES string of the molecule is CCNCc1ccc(F)cc1-c1ccc(OC)nc1. The molecule has 1 N–H and O–H groups in total. The summed E-state index contributed by atoms with van der Waals surface area (Å²) in [4.78, 5) is 4.16. The quantitative estimate of drug-likeness (QED) is 0.897. The zero-order valence-corrected chi connectivity index (χ0v) is 11.1. The second kappa shape index (κ2) is 6.29. The first kappa shape index (κ1) is 13.5. The van der Waals surface area contributed by atoms with Crippen LogP contribution in [0.3, 0.4) is 0 Å². The maximum absolute atomic E-state index is 13.4. The predicted molar refractivity (Wildman–Crippen MR) is 73.6 cm³/mol. The van der Waals surface area contributed by atoms with E-state index in [-0.39, 0.29) is 5.82 Å². The minimum atomic E-state index is -0.244. The molecule has 19 heavy (non-hydrogen) atoms. The van der Waals surface area contributed by atoms with Gasteiger partial charge in [-0.2, -0.15) is 0 Å². The summed E-state index contributed by atoms with van der Waals surface area (Å²) >= 11 is 0. The average Bonchev–Trinajstić information content (AvgIpc) is 2.46. The van der Waals surface area contributed by atoms with E-state index in [2.05, 4.69) is 10.3 Å². The maximum Gasteiger partial charge on any atom is 0.212 e. The molecular formula is C15H17FN2O. The van der Waals surface area contributed by atoms with Gasteiger partial charge in [0.25, 0.3) is 0 Å². The monoisotopic (exact) mass is 260 g/mol. The van der Waals surface area contributed by atoms with Gasteiger partial charge in [0.1, 0.15) is 5.82 Å². The number of halogens is 1. The van der Waals surface area contributed by atoms with Crippen molar-refractivity contribution in [1.29, 1.82) is 0 Å². The molecule has 0 spiro atoms. The molecule has 0 saturated heterocycles. The summed E-state index contributed by atoms with van der Waals surface area (Å²) in [6.45, 7) is 3.62. The Morgan fingerprint density at radius 2 is 2.11 bits per heavy atom. The molecule has 0 aliphatic heterocycles. The first-order valence-electron chi connectivity index (χ1n) is 6.24. The summed E-state index contributed by atoms with van der Waals surface area (Å²) in [6.07, 6.45) is 1.70. The summed E-state index contributed by atoms with van der Waals surface area (Å²) in [5.41, 5.74) is 2.79. The number of nitrogens with zero attached hydrogens (tertiary/aromatic N) is 1. The summed E-state index contributed by atoms with van der Waals surface area (Å²) in [7, 11) is 1.57. The normalized spacial score (nSPS) is 10.5. The number of benzene rings is 1. The van der Waals surface area contributed by atoms with Crippen LogP contribution in [0.5, 0.6) is 5.88 Å². The van der Waals surface area contributed by atoms with Gasteiger partial charge >= 0.3 is 0 Å². The molecule has 0 atom stereocenters. The van der Waals surface area contributed by atoms with Crippen LogP contribution in [0.25, 0.3) is 11.1 Å². The lowest BCUT2D eigenvalue weighted by Gasteiger charge is -2.10. The van der Waals surface area contributed by atoms with Crippen molar-refractivity contribution in [2.24, 2.45) is 0 Å². The van der Waals surface area contributed by atoms with Gasteiger partial charge in [0.2, 0.25) is 5.88 Å². The molecule has 0 amide bonds. The van der Waals surface area contributed by atoms with Crippen molar-refractivity contribution in [2.75, 3.05) is 13.7 Å². The Hall–Kier alpha value is -1.94. The molecule has 1 aromatic carbocycles. The van der Waals surface area contributed by atoms with Crippen LogP contribution in [0.15, 0.2) is 36.5 Å². The largest absolute Gasteiger partial charge is 0.481 e. The van der Waals surface area contributed by atoms with E-state index in [1.54, 1.807) is 25.4 Å². The van der Waals surface area contributed by atoms with Crippen molar-refractivity contribution in [3.8, 4) is 17.0 Å². The number of aromatic nitrogens is 1. The average molecular weight is 260 g/mol. The standard InChI is InChI=1S/C15H17FN2O/c1-3-17-9-11-4-6-13(16)8-14(11)12-5-7-15(19-2)18-10-12/h4-8,10,17H,3,9H2,1-2H3. The molecule has 4 heteroatoms. The van der Waals surface area contributed by atoms with E-state index < -0.39 is 0 Å². The lowest BCUT2D eigenvalue weighted by atomic mass is 10.0. The van der Waals surface area contributed by atoms with Crippen LogP contribution in [0.1, 0.15) is 12.5 Å². The number of nitrogens with one attached hydrogen (secondary N) is 1. The van der Waals surface area contributed by atoms with Gasteiger partial charge in [0, 0.05) is 24.4 Å². The molecule has 2 aromatic rings. The number of rotatable bonds is 5. The Labute approximate surface area is 112 Å². The molecule has 2 rings (SSSR count). The highest BCUT2D eigenvalue weighted by atomic mass is 19.1. The van der Waals surface area contributed by atoms with Crippen molar-refractivity contribution in [2.45, 2.75) is 13.5 Å².